The van der Waals surface area contributed by atoms with Gasteiger partial charge in [0.2, 0.25) is 5.91 Å². The van der Waals surface area contributed by atoms with E-state index in [1.54, 1.807) is 0 Å². The van der Waals surface area contributed by atoms with Gasteiger partial charge in [-0.25, -0.2) is 0 Å². The van der Waals surface area contributed by atoms with Gasteiger partial charge in [-0.2, -0.15) is 0 Å². The van der Waals surface area contributed by atoms with Gasteiger partial charge in [-0.1, -0.05) is 0 Å². The smallest absolute Gasteiger partial charge is 0.227 e. The lowest BCUT2D eigenvalue weighted by Crippen LogP contribution is -2.29. The van der Waals surface area contributed by atoms with E-state index in [4.69, 9.17) is 5.73 Å². The van der Waals surface area contributed by atoms with Crippen LogP contribution in [0.25, 0.3) is 0 Å². The van der Waals surface area contributed by atoms with Gasteiger partial charge in [0.1, 0.15) is 0 Å². The second kappa shape index (κ2) is 6.52. The van der Waals surface area contributed by atoms with E-state index in [0.717, 1.165) is 37.9 Å². The number of nitrogens with two attached hydrogens (primary N) is 1. The van der Waals surface area contributed by atoms with Gasteiger partial charge in [0.25, 0.3) is 0 Å². The Bertz CT molecular complexity index is 397. The minimum atomic E-state index is 0.159. The number of hydrogen-bond acceptors (Lipinski definition) is 2. The molecule has 0 saturated heterocycles. The van der Waals surface area contributed by atoms with E-state index in [2.05, 4.69) is 27.9 Å². The first-order valence-electron chi connectivity index (χ1n) is 6.45. The van der Waals surface area contributed by atoms with Crippen LogP contribution in [0.2, 0.25) is 0 Å². The summed E-state index contributed by atoms with van der Waals surface area (Å²) in [5.41, 5.74) is 6.55. The summed E-state index contributed by atoms with van der Waals surface area (Å²) in [6.45, 7) is 0.755. The van der Waals surface area contributed by atoms with Gasteiger partial charge < -0.3 is 11.1 Å². The molecule has 1 aliphatic carbocycles. The van der Waals surface area contributed by atoms with Crippen LogP contribution < -0.4 is 11.1 Å². The fourth-order valence-corrected chi connectivity index (χ4v) is 2.80. The second-order valence-electron chi connectivity index (χ2n) is 4.95. The molecule has 3 N–H and O–H groups in total. The lowest BCUT2D eigenvalue weighted by Gasteiger charge is -2.26. The summed E-state index contributed by atoms with van der Waals surface area (Å²) in [5.74, 6) is 0.936. The van der Waals surface area contributed by atoms with Crippen molar-refractivity contribution in [3.8, 4) is 0 Å². The molecule has 0 unspecified atom stereocenters. The van der Waals surface area contributed by atoms with Gasteiger partial charge in [-0.05, 0) is 85.0 Å². The Labute approximate surface area is 122 Å². The standard InChI is InChI=1S/C14H19IN2O/c15-12-5-7-13(8-6-12)17-14(18)11-3-1-10(9-16)2-4-11/h5-8,10-11H,1-4,9,16H2,(H,17,18). The van der Waals surface area contributed by atoms with Gasteiger partial charge >= 0.3 is 0 Å². The molecule has 1 aromatic carbocycles. The zero-order valence-corrected chi connectivity index (χ0v) is 12.5. The van der Waals surface area contributed by atoms with Crippen molar-refractivity contribution < 1.29 is 4.79 Å². The van der Waals surface area contributed by atoms with Crippen LogP contribution >= 0.6 is 22.6 Å². The highest BCUT2D eigenvalue weighted by Gasteiger charge is 2.25. The maximum absolute atomic E-state index is 12.1. The van der Waals surface area contributed by atoms with Crippen LogP contribution in [0.15, 0.2) is 24.3 Å². The Balaban J connectivity index is 1.87. The molecule has 18 heavy (non-hydrogen) atoms. The summed E-state index contributed by atoms with van der Waals surface area (Å²) in [7, 11) is 0. The number of carbonyl (C=O) groups excluding carboxylic acids is 1. The van der Waals surface area contributed by atoms with E-state index in [1.165, 1.54) is 3.57 Å². The summed E-state index contributed by atoms with van der Waals surface area (Å²) in [4.78, 5) is 12.1. The van der Waals surface area contributed by atoms with E-state index >= 15 is 0 Å². The molecule has 0 atom stereocenters. The van der Waals surface area contributed by atoms with Crippen molar-refractivity contribution in [3.63, 3.8) is 0 Å². The number of hydrogen-bond donors (Lipinski definition) is 2. The molecular weight excluding hydrogens is 339 g/mol. The summed E-state index contributed by atoms with van der Waals surface area (Å²) in [6.07, 6.45) is 4.11. The van der Waals surface area contributed by atoms with Crippen LogP contribution in [-0.4, -0.2) is 12.5 Å². The molecule has 1 aromatic rings. The molecule has 0 aromatic heterocycles. The summed E-state index contributed by atoms with van der Waals surface area (Å²) >= 11 is 2.26. The fourth-order valence-electron chi connectivity index (χ4n) is 2.44. The highest BCUT2D eigenvalue weighted by molar-refractivity contribution is 14.1. The lowest BCUT2D eigenvalue weighted by molar-refractivity contribution is -0.121. The first-order chi connectivity index (χ1) is 8.69. The first-order valence-corrected chi connectivity index (χ1v) is 7.53. The highest BCUT2D eigenvalue weighted by atomic mass is 127. The molecule has 0 aliphatic heterocycles. The molecule has 98 valence electrons. The van der Waals surface area contributed by atoms with E-state index in [9.17, 15) is 4.79 Å². The van der Waals surface area contributed by atoms with Crippen molar-refractivity contribution in [2.24, 2.45) is 17.6 Å². The quantitative estimate of drug-likeness (QED) is 0.817. The van der Waals surface area contributed by atoms with Crippen molar-refractivity contribution in [2.45, 2.75) is 25.7 Å². The number of halogens is 1. The van der Waals surface area contributed by atoms with Gasteiger partial charge in [0.05, 0.1) is 0 Å². The zero-order valence-electron chi connectivity index (χ0n) is 10.4. The number of nitrogens with one attached hydrogen (secondary N) is 1. The van der Waals surface area contributed by atoms with Gasteiger partial charge in [0.15, 0.2) is 0 Å². The number of carbonyl (C=O) groups is 1. The Hall–Kier alpha value is -0.620. The van der Waals surface area contributed by atoms with Crippen molar-refractivity contribution >= 4 is 34.2 Å². The van der Waals surface area contributed by atoms with Crippen LogP contribution in [0.1, 0.15) is 25.7 Å². The van der Waals surface area contributed by atoms with E-state index < -0.39 is 0 Å². The topological polar surface area (TPSA) is 55.1 Å². The molecule has 0 radical (unpaired) electrons. The number of rotatable bonds is 3. The normalized spacial score (nSPS) is 23.7. The molecule has 0 spiro atoms. The number of amides is 1. The molecule has 3 nitrogen and oxygen atoms in total. The molecule has 0 bridgehead atoms. The maximum atomic E-state index is 12.1. The highest BCUT2D eigenvalue weighted by Crippen LogP contribution is 2.29. The SMILES string of the molecule is NCC1CCC(C(=O)Nc2ccc(I)cc2)CC1. The fraction of sp³-hybridized carbons (Fsp3) is 0.500. The Morgan fingerprint density at radius 2 is 1.83 bits per heavy atom. The van der Waals surface area contributed by atoms with Gasteiger partial charge in [-0.15, -0.1) is 0 Å². The summed E-state index contributed by atoms with van der Waals surface area (Å²) in [6, 6.07) is 7.90. The van der Waals surface area contributed by atoms with Gasteiger partial charge in [0, 0.05) is 15.2 Å². The maximum Gasteiger partial charge on any atom is 0.227 e. The van der Waals surface area contributed by atoms with Crippen LogP contribution in [0.5, 0.6) is 0 Å². The van der Waals surface area contributed by atoms with Crippen molar-refractivity contribution in [3.05, 3.63) is 27.8 Å². The molecule has 4 heteroatoms. The monoisotopic (exact) mass is 358 g/mol. The van der Waals surface area contributed by atoms with Crippen molar-refractivity contribution in [2.75, 3.05) is 11.9 Å². The third-order valence-corrected chi connectivity index (χ3v) is 4.38. The Kier molecular flexibility index (Phi) is 5.00. The second-order valence-corrected chi connectivity index (χ2v) is 6.20. The molecule has 1 fully saturated rings. The van der Waals surface area contributed by atoms with Crippen LogP contribution in [0, 0.1) is 15.4 Å². The van der Waals surface area contributed by atoms with Crippen LogP contribution in [0.3, 0.4) is 0 Å². The molecule has 2 rings (SSSR count). The summed E-state index contributed by atoms with van der Waals surface area (Å²) in [5, 5.41) is 3.00. The number of benzene rings is 1. The average Bonchev–Trinajstić information content (AvgIpc) is 2.41. The molecular formula is C14H19IN2O. The first kappa shape index (κ1) is 13.8. The van der Waals surface area contributed by atoms with Crippen molar-refractivity contribution in [1.82, 2.24) is 0 Å². The lowest BCUT2D eigenvalue weighted by atomic mass is 9.81. The van der Waals surface area contributed by atoms with E-state index in [1.807, 2.05) is 24.3 Å². The zero-order chi connectivity index (χ0) is 13.0. The summed E-state index contributed by atoms with van der Waals surface area (Å²) < 4.78 is 1.18. The predicted octanol–water partition coefficient (Wildman–Crippen LogP) is 2.99. The van der Waals surface area contributed by atoms with Gasteiger partial charge in [-0.3, -0.25) is 4.79 Å². The number of anilines is 1. The molecule has 0 heterocycles. The minimum absolute atomic E-state index is 0.159. The Morgan fingerprint density at radius 3 is 2.39 bits per heavy atom. The predicted molar refractivity (Wildman–Crippen MR) is 82.3 cm³/mol. The van der Waals surface area contributed by atoms with Crippen molar-refractivity contribution in [1.29, 1.82) is 0 Å². The molecule has 1 saturated carbocycles. The molecule has 1 amide bonds. The Morgan fingerprint density at radius 1 is 1.22 bits per heavy atom. The van der Waals surface area contributed by atoms with E-state index in [-0.39, 0.29) is 11.8 Å². The third-order valence-electron chi connectivity index (χ3n) is 3.66. The van der Waals surface area contributed by atoms with Crippen LogP contribution in [0.4, 0.5) is 5.69 Å². The minimum Gasteiger partial charge on any atom is -0.330 e. The largest absolute Gasteiger partial charge is 0.330 e. The molecule has 1 aliphatic rings. The van der Waals surface area contributed by atoms with E-state index in [0.29, 0.717) is 5.92 Å². The third kappa shape index (κ3) is 3.68. The van der Waals surface area contributed by atoms with Crippen LogP contribution in [-0.2, 0) is 4.79 Å². The average molecular weight is 358 g/mol.